The third kappa shape index (κ3) is 1.64. The Morgan fingerprint density at radius 2 is 1.92 bits per heavy atom. The van der Waals surface area contributed by atoms with Gasteiger partial charge in [-0.1, -0.05) is 0 Å². The van der Waals surface area contributed by atoms with E-state index < -0.39 is 0 Å². The summed E-state index contributed by atoms with van der Waals surface area (Å²) in [5, 5.41) is 9.07. The topological polar surface area (TPSA) is 40.5 Å². The molecule has 1 aromatic rings. The van der Waals surface area contributed by atoms with Crippen molar-refractivity contribution in [3.63, 3.8) is 0 Å². The van der Waals surface area contributed by atoms with Crippen LogP contribution in [0, 0.1) is 0 Å². The SMILES string of the molecule is O=C1CCN(c2ccc(O)cc2)C1. The number of carbonyl (C=O) groups excluding carboxylic acids is 1. The van der Waals surface area contributed by atoms with Crippen LogP contribution < -0.4 is 4.90 Å². The molecule has 1 heterocycles. The highest BCUT2D eigenvalue weighted by Gasteiger charge is 2.18. The zero-order valence-corrected chi connectivity index (χ0v) is 7.23. The van der Waals surface area contributed by atoms with Gasteiger partial charge in [0.15, 0.2) is 5.78 Å². The first kappa shape index (κ1) is 8.10. The molecular formula is C10H11NO2. The smallest absolute Gasteiger partial charge is 0.153 e. The van der Waals surface area contributed by atoms with Crippen molar-refractivity contribution in [2.75, 3.05) is 18.0 Å². The average molecular weight is 177 g/mol. The van der Waals surface area contributed by atoms with E-state index in [1.165, 1.54) is 0 Å². The molecule has 0 amide bonds. The van der Waals surface area contributed by atoms with Gasteiger partial charge in [-0.05, 0) is 24.3 Å². The number of aromatic hydroxyl groups is 1. The fourth-order valence-corrected chi connectivity index (χ4v) is 1.51. The number of rotatable bonds is 1. The Bertz CT molecular complexity index is 318. The van der Waals surface area contributed by atoms with E-state index in [1.54, 1.807) is 12.1 Å². The van der Waals surface area contributed by atoms with Gasteiger partial charge < -0.3 is 10.0 Å². The maximum atomic E-state index is 11.0. The third-order valence-corrected chi connectivity index (χ3v) is 2.24. The van der Waals surface area contributed by atoms with E-state index in [-0.39, 0.29) is 11.5 Å². The second kappa shape index (κ2) is 3.09. The second-order valence-corrected chi connectivity index (χ2v) is 3.23. The first-order chi connectivity index (χ1) is 6.25. The van der Waals surface area contributed by atoms with Crippen molar-refractivity contribution in [2.24, 2.45) is 0 Å². The van der Waals surface area contributed by atoms with E-state index in [2.05, 4.69) is 0 Å². The molecule has 0 unspecified atom stereocenters. The van der Waals surface area contributed by atoms with Crippen LogP contribution in [-0.4, -0.2) is 24.0 Å². The summed E-state index contributed by atoms with van der Waals surface area (Å²) in [4.78, 5) is 13.0. The van der Waals surface area contributed by atoms with E-state index in [0.717, 1.165) is 12.2 Å². The molecule has 0 aromatic heterocycles. The van der Waals surface area contributed by atoms with E-state index in [0.29, 0.717) is 13.0 Å². The highest BCUT2D eigenvalue weighted by molar-refractivity contribution is 5.87. The Morgan fingerprint density at radius 1 is 1.23 bits per heavy atom. The molecule has 1 aliphatic heterocycles. The predicted molar refractivity (Wildman–Crippen MR) is 49.9 cm³/mol. The number of anilines is 1. The van der Waals surface area contributed by atoms with Crippen molar-refractivity contribution in [2.45, 2.75) is 6.42 Å². The van der Waals surface area contributed by atoms with Crippen LogP contribution in [0.5, 0.6) is 5.75 Å². The van der Waals surface area contributed by atoms with Crippen molar-refractivity contribution < 1.29 is 9.90 Å². The molecule has 68 valence electrons. The van der Waals surface area contributed by atoms with Gasteiger partial charge in [-0.2, -0.15) is 0 Å². The Kier molecular flexibility index (Phi) is 1.93. The number of Topliss-reactive ketones (excluding diaryl/α,β-unsaturated/α-hetero) is 1. The Hall–Kier alpha value is -1.51. The Morgan fingerprint density at radius 3 is 2.46 bits per heavy atom. The molecule has 0 radical (unpaired) electrons. The van der Waals surface area contributed by atoms with Crippen molar-refractivity contribution >= 4 is 11.5 Å². The molecule has 3 heteroatoms. The second-order valence-electron chi connectivity index (χ2n) is 3.23. The molecular weight excluding hydrogens is 166 g/mol. The van der Waals surface area contributed by atoms with Crippen molar-refractivity contribution in [1.82, 2.24) is 0 Å². The summed E-state index contributed by atoms with van der Waals surface area (Å²) in [6.45, 7) is 1.30. The van der Waals surface area contributed by atoms with Gasteiger partial charge >= 0.3 is 0 Å². The molecule has 13 heavy (non-hydrogen) atoms. The summed E-state index contributed by atoms with van der Waals surface area (Å²) >= 11 is 0. The summed E-state index contributed by atoms with van der Waals surface area (Å²) in [5.74, 6) is 0.544. The van der Waals surface area contributed by atoms with Crippen molar-refractivity contribution in [3.8, 4) is 5.75 Å². The van der Waals surface area contributed by atoms with Gasteiger partial charge in [0.25, 0.3) is 0 Å². The lowest BCUT2D eigenvalue weighted by Gasteiger charge is -2.15. The van der Waals surface area contributed by atoms with Crippen LogP contribution in [0.2, 0.25) is 0 Å². The highest BCUT2D eigenvalue weighted by Crippen LogP contribution is 2.20. The van der Waals surface area contributed by atoms with Gasteiger partial charge in [0, 0.05) is 18.7 Å². The third-order valence-electron chi connectivity index (χ3n) is 2.24. The van der Waals surface area contributed by atoms with Crippen molar-refractivity contribution in [1.29, 1.82) is 0 Å². The van der Waals surface area contributed by atoms with Gasteiger partial charge in [-0.15, -0.1) is 0 Å². The number of phenols is 1. The molecule has 0 atom stereocenters. The van der Waals surface area contributed by atoms with Crippen LogP contribution in [0.3, 0.4) is 0 Å². The van der Waals surface area contributed by atoms with E-state index in [1.807, 2.05) is 17.0 Å². The fourth-order valence-electron chi connectivity index (χ4n) is 1.51. The summed E-state index contributed by atoms with van der Waals surface area (Å²) in [6.07, 6.45) is 0.640. The van der Waals surface area contributed by atoms with Crippen molar-refractivity contribution in [3.05, 3.63) is 24.3 Å². The fraction of sp³-hybridized carbons (Fsp3) is 0.300. The van der Waals surface area contributed by atoms with Crippen LogP contribution >= 0.6 is 0 Å². The van der Waals surface area contributed by atoms with Crippen LogP contribution in [0.4, 0.5) is 5.69 Å². The standard InChI is InChI=1S/C10H11NO2/c12-9-3-1-8(2-4-9)11-6-5-10(13)7-11/h1-4,12H,5-7H2. The summed E-state index contributed by atoms with van der Waals surface area (Å²) in [6, 6.07) is 6.93. The van der Waals surface area contributed by atoms with E-state index >= 15 is 0 Å². The van der Waals surface area contributed by atoms with Gasteiger partial charge in [0.05, 0.1) is 6.54 Å². The van der Waals surface area contributed by atoms with Crippen LogP contribution in [0.1, 0.15) is 6.42 Å². The van der Waals surface area contributed by atoms with Crippen LogP contribution in [0.25, 0.3) is 0 Å². The Labute approximate surface area is 76.6 Å². The predicted octanol–water partition coefficient (Wildman–Crippen LogP) is 1.17. The minimum atomic E-state index is 0.259. The normalized spacial score (nSPS) is 16.6. The van der Waals surface area contributed by atoms with Gasteiger partial charge in [-0.25, -0.2) is 0 Å². The molecule has 1 aromatic carbocycles. The number of hydrogen-bond acceptors (Lipinski definition) is 3. The zero-order chi connectivity index (χ0) is 9.26. The van der Waals surface area contributed by atoms with Gasteiger partial charge in [-0.3, -0.25) is 4.79 Å². The maximum Gasteiger partial charge on any atom is 0.153 e. The lowest BCUT2D eigenvalue weighted by atomic mass is 10.3. The number of carbonyl (C=O) groups is 1. The maximum absolute atomic E-state index is 11.0. The lowest BCUT2D eigenvalue weighted by Crippen LogP contribution is -2.19. The monoisotopic (exact) mass is 177 g/mol. The average Bonchev–Trinajstić information content (AvgIpc) is 2.53. The number of ketones is 1. The lowest BCUT2D eigenvalue weighted by molar-refractivity contribution is -0.116. The van der Waals surface area contributed by atoms with Crippen LogP contribution in [-0.2, 0) is 4.79 Å². The van der Waals surface area contributed by atoms with E-state index in [9.17, 15) is 4.79 Å². The molecule has 1 N–H and O–H groups in total. The number of benzene rings is 1. The number of nitrogens with zero attached hydrogens (tertiary/aromatic N) is 1. The summed E-state index contributed by atoms with van der Waals surface area (Å²) in [7, 11) is 0. The largest absolute Gasteiger partial charge is 0.508 e. The Balaban J connectivity index is 2.17. The van der Waals surface area contributed by atoms with Gasteiger partial charge in [0.2, 0.25) is 0 Å². The summed E-state index contributed by atoms with van der Waals surface area (Å²) in [5.41, 5.74) is 1.00. The first-order valence-corrected chi connectivity index (χ1v) is 4.31. The zero-order valence-electron chi connectivity index (χ0n) is 7.23. The molecule has 1 aliphatic rings. The molecule has 0 spiro atoms. The quantitative estimate of drug-likeness (QED) is 0.700. The number of phenolic OH excluding ortho intramolecular Hbond substituents is 1. The number of hydrogen-bond donors (Lipinski definition) is 1. The molecule has 1 saturated heterocycles. The van der Waals surface area contributed by atoms with Crippen LogP contribution in [0.15, 0.2) is 24.3 Å². The molecule has 0 bridgehead atoms. The summed E-state index contributed by atoms with van der Waals surface area (Å²) < 4.78 is 0. The first-order valence-electron chi connectivity index (χ1n) is 4.31. The van der Waals surface area contributed by atoms with E-state index in [4.69, 9.17) is 5.11 Å². The minimum Gasteiger partial charge on any atom is -0.508 e. The molecule has 3 nitrogen and oxygen atoms in total. The van der Waals surface area contributed by atoms with Gasteiger partial charge in [0.1, 0.15) is 5.75 Å². The molecule has 0 aliphatic carbocycles. The minimum absolute atomic E-state index is 0.259. The molecule has 2 rings (SSSR count). The molecule has 1 fully saturated rings. The molecule has 0 saturated carbocycles. The highest BCUT2D eigenvalue weighted by atomic mass is 16.3.